The maximum atomic E-state index is 12.9. The van der Waals surface area contributed by atoms with Crippen LogP contribution in [0.5, 0.6) is 0 Å². The Hall–Kier alpha value is -2.84. The Labute approximate surface area is 184 Å². The molecule has 2 N–H and O–H groups in total. The maximum absolute atomic E-state index is 12.9. The van der Waals surface area contributed by atoms with E-state index in [9.17, 15) is 18.0 Å². The fourth-order valence-electron chi connectivity index (χ4n) is 3.36. The van der Waals surface area contributed by atoms with Gasteiger partial charge in [0, 0.05) is 25.5 Å². The van der Waals surface area contributed by atoms with E-state index in [0.717, 1.165) is 17.7 Å². The zero-order valence-corrected chi connectivity index (χ0v) is 17.5. The Morgan fingerprint density at radius 2 is 1.81 bits per heavy atom. The molecule has 0 saturated carbocycles. The molecule has 0 fully saturated rings. The minimum Gasteiger partial charge on any atom is -0.459 e. The lowest BCUT2D eigenvalue weighted by Crippen LogP contribution is -2.32. The van der Waals surface area contributed by atoms with E-state index in [1.54, 1.807) is 6.08 Å². The second kappa shape index (κ2) is 11.2. The van der Waals surface area contributed by atoms with Crippen molar-refractivity contribution in [2.75, 3.05) is 13.2 Å². The number of amides is 1. The average molecular weight is 449 g/mol. The maximum Gasteiger partial charge on any atom is 0.416 e. The number of hydrogen-bond acceptors (Lipinski definition) is 4. The molecule has 0 spiro atoms. The van der Waals surface area contributed by atoms with Gasteiger partial charge in [-0.2, -0.15) is 13.2 Å². The highest BCUT2D eigenvalue weighted by atomic mass is 19.4. The molecule has 1 aliphatic rings. The summed E-state index contributed by atoms with van der Waals surface area (Å²) in [7, 11) is 0. The largest absolute Gasteiger partial charge is 0.459 e. The Morgan fingerprint density at radius 3 is 2.47 bits per heavy atom. The van der Waals surface area contributed by atoms with Crippen molar-refractivity contribution in [3.63, 3.8) is 0 Å². The second-order valence-corrected chi connectivity index (χ2v) is 7.51. The van der Waals surface area contributed by atoms with E-state index in [2.05, 4.69) is 5.32 Å². The first kappa shape index (κ1) is 23.8. The fraction of sp³-hybridized carbons (Fsp3) is 0.375. The van der Waals surface area contributed by atoms with Crippen LogP contribution in [0, 0.1) is 0 Å². The number of allylic oxidation sites excluding steroid dienone is 1. The number of aliphatic hydroxyl groups is 1. The number of halogens is 3. The normalized spacial score (nSPS) is 18.6. The molecule has 0 aromatic heterocycles. The van der Waals surface area contributed by atoms with Crippen LogP contribution in [-0.2, 0) is 27.0 Å². The first-order valence-corrected chi connectivity index (χ1v) is 10.5. The SMILES string of the molecule is O=C(NCc1ccccc1)C1=C[C@H](c2ccc(C(F)(F)F)cc2)C[C@H](OCCCCO)O1. The molecule has 5 nitrogen and oxygen atoms in total. The number of carbonyl (C=O) groups excluding carboxylic acids is 1. The molecule has 2 aromatic rings. The molecule has 0 aliphatic carbocycles. The molecule has 2 aromatic carbocycles. The molecule has 3 rings (SSSR count). The molecule has 0 unspecified atom stereocenters. The molecule has 0 bridgehead atoms. The summed E-state index contributed by atoms with van der Waals surface area (Å²) < 4.78 is 50.1. The van der Waals surface area contributed by atoms with Crippen molar-refractivity contribution in [1.82, 2.24) is 5.32 Å². The Kier molecular flexibility index (Phi) is 8.30. The van der Waals surface area contributed by atoms with Crippen LogP contribution in [0.25, 0.3) is 0 Å². The van der Waals surface area contributed by atoms with Gasteiger partial charge in [-0.25, -0.2) is 0 Å². The first-order chi connectivity index (χ1) is 15.4. The lowest BCUT2D eigenvalue weighted by Gasteiger charge is -2.29. The summed E-state index contributed by atoms with van der Waals surface area (Å²) >= 11 is 0. The summed E-state index contributed by atoms with van der Waals surface area (Å²) in [6.45, 7) is 0.702. The molecule has 2 atom stereocenters. The van der Waals surface area contributed by atoms with E-state index in [1.807, 2.05) is 30.3 Å². The number of aliphatic hydroxyl groups excluding tert-OH is 1. The number of benzene rings is 2. The smallest absolute Gasteiger partial charge is 0.416 e. The van der Waals surface area contributed by atoms with Crippen LogP contribution < -0.4 is 5.32 Å². The molecule has 32 heavy (non-hydrogen) atoms. The highest BCUT2D eigenvalue weighted by molar-refractivity contribution is 5.91. The van der Waals surface area contributed by atoms with Crippen LogP contribution >= 0.6 is 0 Å². The van der Waals surface area contributed by atoms with Crippen molar-refractivity contribution in [3.05, 3.63) is 83.1 Å². The van der Waals surface area contributed by atoms with E-state index in [1.165, 1.54) is 12.1 Å². The second-order valence-electron chi connectivity index (χ2n) is 7.51. The van der Waals surface area contributed by atoms with Crippen molar-refractivity contribution in [3.8, 4) is 0 Å². The third kappa shape index (κ3) is 6.83. The zero-order chi connectivity index (χ0) is 23.0. The summed E-state index contributed by atoms with van der Waals surface area (Å²) in [4.78, 5) is 12.7. The van der Waals surface area contributed by atoms with Gasteiger partial charge in [0.2, 0.25) is 6.29 Å². The number of hydrogen-bond donors (Lipinski definition) is 2. The molecule has 0 radical (unpaired) electrons. The molecular formula is C24H26F3NO4. The van der Waals surface area contributed by atoms with Crippen LogP contribution in [0.2, 0.25) is 0 Å². The predicted octanol–water partition coefficient (Wildman–Crippen LogP) is 4.52. The van der Waals surface area contributed by atoms with Crippen molar-refractivity contribution >= 4 is 5.91 Å². The van der Waals surface area contributed by atoms with E-state index < -0.39 is 23.9 Å². The van der Waals surface area contributed by atoms with Crippen LogP contribution in [-0.4, -0.2) is 30.5 Å². The molecule has 1 aliphatic heterocycles. The number of nitrogens with one attached hydrogen (secondary N) is 1. The standard InChI is InChI=1S/C24H26F3NO4/c25-24(26,27)20-10-8-18(9-11-20)19-14-21(32-22(15-19)31-13-5-4-12-29)23(30)28-16-17-6-2-1-3-7-17/h1-3,6-11,14,19,22,29H,4-5,12-13,15-16H2,(H,28,30)/t19-,22+/m0/s1. The van der Waals surface area contributed by atoms with Gasteiger partial charge in [-0.1, -0.05) is 42.5 Å². The minimum absolute atomic E-state index is 0.0517. The van der Waals surface area contributed by atoms with Crippen molar-refractivity contribution in [2.24, 2.45) is 0 Å². The summed E-state index contributed by atoms with van der Waals surface area (Å²) in [5.74, 6) is -0.690. The number of alkyl halides is 3. The Bertz CT molecular complexity index is 898. The number of carbonyl (C=O) groups is 1. The van der Waals surface area contributed by atoms with E-state index in [-0.39, 0.29) is 18.3 Å². The number of ether oxygens (including phenoxy) is 2. The molecule has 1 amide bonds. The van der Waals surface area contributed by atoms with Crippen molar-refractivity contribution in [2.45, 2.75) is 44.2 Å². The predicted molar refractivity (Wildman–Crippen MR) is 112 cm³/mol. The van der Waals surface area contributed by atoms with Gasteiger partial charge in [0.15, 0.2) is 5.76 Å². The zero-order valence-electron chi connectivity index (χ0n) is 17.5. The van der Waals surface area contributed by atoms with E-state index >= 15 is 0 Å². The van der Waals surface area contributed by atoms with Crippen LogP contribution in [0.15, 0.2) is 66.4 Å². The van der Waals surface area contributed by atoms with Crippen molar-refractivity contribution < 1.29 is 32.5 Å². The Morgan fingerprint density at radius 1 is 1.09 bits per heavy atom. The van der Waals surface area contributed by atoms with E-state index in [4.69, 9.17) is 14.6 Å². The third-order valence-electron chi connectivity index (χ3n) is 5.10. The summed E-state index contributed by atoms with van der Waals surface area (Å²) in [6.07, 6.45) is -1.94. The lowest BCUT2D eigenvalue weighted by molar-refractivity contribution is -0.146. The quantitative estimate of drug-likeness (QED) is 0.553. The lowest BCUT2D eigenvalue weighted by atomic mass is 9.92. The number of rotatable bonds is 9. The summed E-state index contributed by atoms with van der Waals surface area (Å²) in [5.41, 5.74) is 0.835. The molecule has 1 heterocycles. The van der Waals surface area contributed by atoms with Gasteiger partial charge in [0.1, 0.15) is 0 Å². The monoisotopic (exact) mass is 449 g/mol. The first-order valence-electron chi connectivity index (χ1n) is 10.5. The third-order valence-corrected chi connectivity index (χ3v) is 5.10. The van der Waals surface area contributed by atoms with Gasteiger partial charge < -0.3 is 19.9 Å². The molecule has 172 valence electrons. The molecule has 8 heteroatoms. The van der Waals surface area contributed by atoms with Gasteiger partial charge in [0.25, 0.3) is 5.91 Å². The van der Waals surface area contributed by atoms with Gasteiger partial charge >= 0.3 is 6.18 Å². The van der Waals surface area contributed by atoms with Crippen LogP contribution in [0.3, 0.4) is 0 Å². The van der Waals surface area contributed by atoms with Gasteiger partial charge in [-0.05, 0) is 42.2 Å². The van der Waals surface area contributed by atoms with Gasteiger partial charge in [-0.15, -0.1) is 0 Å². The summed E-state index contributed by atoms with van der Waals surface area (Å²) in [5, 5.41) is 11.7. The highest BCUT2D eigenvalue weighted by Gasteiger charge is 2.32. The van der Waals surface area contributed by atoms with Crippen LogP contribution in [0.1, 0.15) is 41.9 Å². The minimum atomic E-state index is -4.41. The molecule has 0 saturated heterocycles. The van der Waals surface area contributed by atoms with E-state index in [0.29, 0.717) is 38.0 Å². The topological polar surface area (TPSA) is 67.8 Å². The highest BCUT2D eigenvalue weighted by Crippen LogP contribution is 2.34. The summed E-state index contributed by atoms with van der Waals surface area (Å²) in [6, 6.07) is 14.3. The molecular weight excluding hydrogens is 423 g/mol. The van der Waals surface area contributed by atoms with Crippen LogP contribution in [0.4, 0.5) is 13.2 Å². The average Bonchev–Trinajstić information content (AvgIpc) is 2.80. The van der Waals surface area contributed by atoms with Gasteiger partial charge in [-0.3, -0.25) is 4.79 Å². The van der Waals surface area contributed by atoms with Gasteiger partial charge in [0.05, 0.1) is 12.2 Å². The van der Waals surface area contributed by atoms with Crippen molar-refractivity contribution in [1.29, 1.82) is 0 Å². The number of unbranched alkanes of at least 4 members (excludes halogenated alkanes) is 1. The fourth-order valence-corrected chi connectivity index (χ4v) is 3.36. The Balaban J connectivity index is 1.73.